The van der Waals surface area contributed by atoms with Gasteiger partial charge >= 0.3 is 0 Å². The molecule has 1 atom stereocenters. The molecule has 0 spiro atoms. The van der Waals surface area contributed by atoms with Gasteiger partial charge in [-0.25, -0.2) is 0 Å². The summed E-state index contributed by atoms with van der Waals surface area (Å²) in [6.45, 7) is 1.56. The Kier molecular flexibility index (Phi) is 9.40. The number of aromatic nitrogens is 2. The van der Waals surface area contributed by atoms with E-state index in [2.05, 4.69) is 16.4 Å². The summed E-state index contributed by atoms with van der Waals surface area (Å²) in [4.78, 5) is 16.0. The highest BCUT2D eigenvalue weighted by Gasteiger charge is 2.15. The molecular weight excluding hydrogens is 493 g/mol. The summed E-state index contributed by atoms with van der Waals surface area (Å²) < 4.78 is 7.60. The normalized spacial score (nSPS) is 12.1. The van der Waals surface area contributed by atoms with Crippen LogP contribution in [0.5, 0.6) is 5.75 Å². The van der Waals surface area contributed by atoms with E-state index in [-0.39, 0.29) is 11.6 Å². The molecule has 0 aliphatic carbocycles. The van der Waals surface area contributed by atoms with Gasteiger partial charge < -0.3 is 14.6 Å². The Hall–Kier alpha value is -2.86. The minimum absolute atomic E-state index is 0.0117. The Labute approximate surface area is 222 Å². The van der Waals surface area contributed by atoms with Gasteiger partial charge in [-0.05, 0) is 92.2 Å². The molecule has 4 aromatic rings. The number of ether oxygens (including phenoxy) is 1. The van der Waals surface area contributed by atoms with Crippen molar-refractivity contribution in [1.29, 1.82) is 0 Å². The fourth-order valence-electron chi connectivity index (χ4n) is 4.35. The number of nitrogens with zero attached hydrogens (tertiary/aromatic N) is 2. The van der Waals surface area contributed by atoms with Crippen molar-refractivity contribution < 1.29 is 4.74 Å². The summed E-state index contributed by atoms with van der Waals surface area (Å²) in [7, 11) is 1.78. The molecule has 0 amide bonds. The molecule has 0 radical (unpaired) electrons. The summed E-state index contributed by atoms with van der Waals surface area (Å²) in [6.07, 6.45) is 8.38. The summed E-state index contributed by atoms with van der Waals surface area (Å²) in [6, 6.07) is 19.2. The predicted octanol–water partition coefficient (Wildman–Crippen LogP) is 6.23. The second-order valence-electron chi connectivity index (χ2n) is 8.98. The average Bonchev–Trinajstić information content (AvgIpc) is 2.88. The molecule has 0 aliphatic rings. The van der Waals surface area contributed by atoms with E-state index in [1.54, 1.807) is 23.9 Å². The molecule has 2 aromatic heterocycles. The highest BCUT2D eigenvalue weighted by molar-refractivity contribution is 6.36. The monoisotopic (exact) mass is 523 g/mol. The Morgan fingerprint density at radius 3 is 2.58 bits per heavy atom. The Morgan fingerprint density at radius 2 is 1.81 bits per heavy atom. The van der Waals surface area contributed by atoms with Crippen molar-refractivity contribution in [3.63, 3.8) is 0 Å². The second kappa shape index (κ2) is 12.9. The van der Waals surface area contributed by atoms with Crippen LogP contribution in [0.2, 0.25) is 10.0 Å². The third kappa shape index (κ3) is 7.10. The van der Waals surface area contributed by atoms with Crippen LogP contribution in [0.25, 0.3) is 10.9 Å². The van der Waals surface area contributed by atoms with Crippen molar-refractivity contribution in [2.75, 3.05) is 13.2 Å². The van der Waals surface area contributed by atoms with Gasteiger partial charge in [0.2, 0.25) is 0 Å². The molecule has 1 unspecified atom stereocenters. The number of pyridine rings is 2. The van der Waals surface area contributed by atoms with Crippen LogP contribution in [0.15, 0.2) is 77.9 Å². The Balaban J connectivity index is 1.24. The van der Waals surface area contributed by atoms with Crippen LogP contribution in [0, 0.1) is 0 Å². The van der Waals surface area contributed by atoms with E-state index in [0.717, 1.165) is 60.9 Å². The van der Waals surface area contributed by atoms with E-state index in [0.29, 0.717) is 16.7 Å². The molecule has 0 saturated carbocycles. The molecule has 188 valence electrons. The van der Waals surface area contributed by atoms with Crippen molar-refractivity contribution in [1.82, 2.24) is 14.9 Å². The first kappa shape index (κ1) is 26.2. The fraction of sp³-hybridized carbons (Fsp3) is 0.310. The maximum absolute atomic E-state index is 11.8. The minimum Gasteiger partial charge on any atom is -0.494 e. The Bertz CT molecular complexity index is 1320. The number of halogens is 2. The van der Waals surface area contributed by atoms with Gasteiger partial charge in [0.1, 0.15) is 5.75 Å². The number of benzene rings is 2. The summed E-state index contributed by atoms with van der Waals surface area (Å²) in [5.41, 5.74) is 3.05. The van der Waals surface area contributed by atoms with Gasteiger partial charge in [0, 0.05) is 47.0 Å². The molecule has 4 rings (SSSR count). The molecule has 0 fully saturated rings. The predicted molar refractivity (Wildman–Crippen MR) is 148 cm³/mol. The zero-order valence-corrected chi connectivity index (χ0v) is 21.9. The lowest BCUT2D eigenvalue weighted by atomic mass is 9.99. The third-order valence-electron chi connectivity index (χ3n) is 6.34. The number of fused-ring (bicyclic) bond motifs is 1. The molecule has 2 aromatic carbocycles. The van der Waals surface area contributed by atoms with Crippen molar-refractivity contribution >= 4 is 34.1 Å². The van der Waals surface area contributed by atoms with Gasteiger partial charge in [0.25, 0.3) is 5.56 Å². The first-order valence-corrected chi connectivity index (χ1v) is 13.0. The SMILES string of the molecule is Cn1c(=O)ccc2cc(OCCCCCNC(Cc3cccnc3)Cc3c(Cl)cccc3Cl)ccc21. The Morgan fingerprint density at radius 1 is 0.972 bits per heavy atom. The lowest BCUT2D eigenvalue weighted by molar-refractivity contribution is 0.304. The van der Waals surface area contributed by atoms with Crippen LogP contribution >= 0.6 is 23.2 Å². The molecule has 0 saturated heterocycles. The molecule has 1 N–H and O–H groups in total. The van der Waals surface area contributed by atoms with Gasteiger partial charge in [-0.15, -0.1) is 0 Å². The van der Waals surface area contributed by atoms with Crippen molar-refractivity contribution in [3.8, 4) is 5.75 Å². The number of aryl methyl sites for hydroxylation is 1. The molecule has 0 aliphatic heterocycles. The zero-order valence-electron chi connectivity index (χ0n) is 20.4. The third-order valence-corrected chi connectivity index (χ3v) is 7.04. The molecule has 7 heteroatoms. The lowest BCUT2D eigenvalue weighted by Crippen LogP contribution is -2.34. The average molecular weight is 524 g/mol. The van der Waals surface area contributed by atoms with Crippen molar-refractivity contribution in [2.24, 2.45) is 7.05 Å². The molecular formula is C29H31Cl2N3O2. The van der Waals surface area contributed by atoms with Gasteiger partial charge in [0.05, 0.1) is 12.1 Å². The lowest BCUT2D eigenvalue weighted by Gasteiger charge is -2.20. The zero-order chi connectivity index (χ0) is 25.3. The quantitative estimate of drug-likeness (QED) is 0.223. The van der Waals surface area contributed by atoms with E-state index in [9.17, 15) is 4.79 Å². The molecule has 0 bridgehead atoms. The van der Waals surface area contributed by atoms with Crippen LogP contribution in [-0.2, 0) is 19.9 Å². The van der Waals surface area contributed by atoms with E-state index in [1.165, 1.54) is 5.56 Å². The topological polar surface area (TPSA) is 56.1 Å². The van der Waals surface area contributed by atoms with E-state index in [4.69, 9.17) is 27.9 Å². The maximum atomic E-state index is 11.8. The standard InChI is InChI=1S/C29H31Cl2N3O2/c1-34-28-12-11-24(18-22(28)10-13-29(34)35)36-16-4-2-3-15-33-23(17-21-7-6-14-32-20-21)19-25-26(30)8-5-9-27(25)31/h5-14,18,20,23,33H,2-4,15-17,19H2,1H3. The van der Waals surface area contributed by atoms with Crippen molar-refractivity contribution in [3.05, 3.63) is 105 Å². The van der Waals surface area contributed by atoms with Gasteiger partial charge in [-0.3, -0.25) is 9.78 Å². The minimum atomic E-state index is -0.0117. The fourth-order valence-corrected chi connectivity index (χ4v) is 4.90. The second-order valence-corrected chi connectivity index (χ2v) is 9.80. The van der Waals surface area contributed by atoms with Gasteiger partial charge in [-0.1, -0.05) is 35.3 Å². The first-order valence-electron chi connectivity index (χ1n) is 12.3. The van der Waals surface area contributed by atoms with Crippen LogP contribution in [0.1, 0.15) is 30.4 Å². The first-order chi connectivity index (χ1) is 17.5. The summed E-state index contributed by atoms with van der Waals surface area (Å²) in [5, 5.41) is 6.10. The van der Waals surface area contributed by atoms with Crippen LogP contribution in [0.3, 0.4) is 0 Å². The van der Waals surface area contributed by atoms with Crippen LogP contribution < -0.4 is 15.6 Å². The smallest absolute Gasteiger partial charge is 0.250 e. The van der Waals surface area contributed by atoms with E-state index < -0.39 is 0 Å². The maximum Gasteiger partial charge on any atom is 0.250 e. The van der Waals surface area contributed by atoms with Crippen molar-refractivity contribution in [2.45, 2.75) is 38.1 Å². The summed E-state index contributed by atoms with van der Waals surface area (Å²) >= 11 is 12.9. The highest BCUT2D eigenvalue weighted by Crippen LogP contribution is 2.26. The van der Waals surface area contributed by atoms with Gasteiger partial charge in [0.15, 0.2) is 0 Å². The summed E-state index contributed by atoms with van der Waals surface area (Å²) in [5.74, 6) is 0.826. The number of hydrogen-bond donors (Lipinski definition) is 1. The molecule has 5 nitrogen and oxygen atoms in total. The van der Waals surface area contributed by atoms with Crippen LogP contribution in [0.4, 0.5) is 0 Å². The van der Waals surface area contributed by atoms with Crippen LogP contribution in [-0.4, -0.2) is 28.7 Å². The number of rotatable bonds is 12. The highest BCUT2D eigenvalue weighted by atomic mass is 35.5. The van der Waals surface area contributed by atoms with Gasteiger partial charge in [-0.2, -0.15) is 0 Å². The molecule has 2 heterocycles. The van der Waals surface area contributed by atoms with E-state index >= 15 is 0 Å². The largest absolute Gasteiger partial charge is 0.494 e. The number of unbranched alkanes of at least 4 members (excludes halogenated alkanes) is 2. The number of nitrogens with one attached hydrogen (secondary N) is 1. The number of hydrogen-bond acceptors (Lipinski definition) is 4. The van der Waals surface area contributed by atoms with E-state index in [1.807, 2.05) is 54.7 Å². The molecule has 36 heavy (non-hydrogen) atoms.